The molecule has 1 aromatic heterocycles. The molecule has 0 aliphatic heterocycles. The number of Topliss-reactive ketones (excluding diaryl/α,β-unsaturated/α-hetero) is 1. The van der Waals surface area contributed by atoms with Crippen molar-refractivity contribution in [2.24, 2.45) is 0 Å². The predicted octanol–water partition coefficient (Wildman–Crippen LogP) is 4.04. The van der Waals surface area contributed by atoms with Crippen LogP contribution in [0.15, 0.2) is 48.0 Å². The number of aromatic nitrogens is 1. The Labute approximate surface area is 151 Å². The van der Waals surface area contributed by atoms with Gasteiger partial charge in [0.1, 0.15) is 0 Å². The van der Waals surface area contributed by atoms with E-state index in [1.807, 2.05) is 18.2 Å². The van der Waals surface area contributed by atoms with Crippen LogP contribution < -0.4 is 0 Å². The molecule has 4 nitrogen and oxygen atoms in total. The molecule has 130 valence electrons. The SMILES string of the molecule is CC(C)S(=O)(=O)Cc1ccc(C(=O)Cc2ccc3ncsc3c2)cc1. The van der Waals surface area contributed by atoms with E-state index < -0.39 is 15.1 Å². The highest BCUT2D eigenvalue weighted by atomic mass is 32.2. The van der Waals surface area contributed by atoms with Gasteiger partial charge in [-0.3, -0.25) is 4.79 Å². The van der Waals surface area contributed by atoms with Crippen LogP contribution in [-0.2, 0) is 22.0 Å². The van der Waals surface area contributed by atoms with Crippen molar-refractivity contribution in [3.05, 3.63) is 64.7 Å². The molecule has 0 saturated heterocycles. The van der Waals surface area contributed by atoms with Crippen LogP contribution in [0, 0.1) is 0 Å². The molecule has 0 N–H and O–H groups in total. The Bertz CT molecular complexity index is 1000. The second kappa shape index (κ2) is 7.06. The monoisotopic (exact) mass is 373 g/mol. The molecule has 0 saturated carbocycles. The minimum absolute atomic E-state index is 0.00117. The fourth-order valence-electron chi connectivity index (χ4n) is 2.48. The van der Waals surface area contributed by atoms with Crippen molar-refractivity contribution in [2.45, 2.75) is 31.3 Å². The molecule has 0 radical (unpaired) electrons. The van der Waals surface area contributed by atoms with E-state index >= 15 is 0 Å². The molecule has 0 atom stereocenters. The topological polar surface area (TPSA) is 64.1 Å². The van der Waals surface area contributed by atoms with Crippen molar-refractivity contribution in [2.75, 3.05) is 0 Å². The molecule has 1 heterocycles. The number of sulfone groups is 1. The fraction of sp³-hybridized carbons (Fsp3) is 0.263. The molecule has 25 heavy (non-hydrogen) atoms. The smallest absolute Gasteiger partial charge is 0.167 e. The van der Waals surface area contributed by atoms with E-state index in [1.165, 1.54) is 0 Å². The summed E-state index contributed by atoms with van der Waals surface area (Å²) in [5, 5.41) is -0.407. The number of thiazole rings is 1. The Morgan fingerprint density at radius 1 is 1.08 bits per heavy atom. The van der Waals surface area contributed by atoms with Crippen LogP contribution in [0.1, 0.15) is 35.3 Å². The van der Waals surface area contributed by atoms with Gasteiger partial charge in [0.15, 0.2) is 15.6 Å². The molecule has 0 amide bonds. The van der Waals surface area contributed by atoms with Gasteiger partial charge < -0.3 is 0 Å². The molecule has 0 unspecified atom stereocenters. The van der Waals surface area contributed by atoms with Gasteiger partial charge in [0, 0.05) is 12.0 Å². The highest BCUT2D eigenvalue weighted by Crippen LogP contribution is 2.20. The van der Waals surface area contributed by atoms with Crippen LogP contribution in [0.4, 0.5) is 0 Å². The van der Waals surface area contributed by atoms with Crippen molar-refractivity contribution in [1.82, 2.24) is 4.98 Å². The molecule has 2 aromatic carbocycles. The molecule has 3 aromatic rings. The fourth-order valence-corrected chi connectivity index (χ4v) is 4.21. The zero-order valence-electron chi connectivity index (χ0n) is 14.1. The van der Waals surface area contributed by atoms with E-state index in [2.05, 4.69) is 4.98 Å². The molecule has 0 fully saturated rings. The number of rotatable bonds is 6. The Kier molecular flexibility index (Phi) is 5.01. The lowest BCUT2D eigenvalue weighted by molar-refractivity contribution is 0.0993. The van der Waals surface area contributed by atoms with Crippen LogP contribution in [0.3, 0.4) is 0 Å². The molecular weight excluding hydrogens is 354 g/mol. The van der Waals surface area contributed by atoms with Gasteiger partial charge in [-0.05, 0) is 37.1 Å². The Hall–Kier alpha value is -2.05. The normalized spacial score (nSPS) is 12.0. The molecule has 0 spiro atoms. The lowest BCUT2D eigenvalue weighted by Gasteiger charge is -2.08. The third-order valence-electron chi connectivity index (χ3n) is 4.12. The van der Waals surface area contributed by atoms with Gasteiger partial charge in [-0.15, -0.1) is 11.3 Å². The number of benzene rings is 2. The summed E-state index contributed by atoms with van der Waals surface area (Å²) < 4.78 is 25.0. The molecule has 6 heteroatoms. The average molecular weight is 373 g/mol. The summed E-state index contributed by atoms with van der Waals surface area (Å²) in [4.78, 5) is 16.7. The zero-order valence-corrected chi connectivity index (χ0v) is 15.7. The molecule has 0 aliphatic carbocycles. The first kappa shape index (κ1) is 17.8. The highest BCUT2D eigenvalue weighted by Gasteiger charge is 2.17. The lowest BCUT2D eigenvalue weighted by Crippen LogP contribution is -2.16. The van der Waals surface area contributed by atoms with Crippen molar-refractivity contribution < 1.29 is 13.2 Å². The van der Waals surface area contributed by atoms with Crippen LogP contribution in [-0.4, -0.2) is 24.4 Å². The minimum Gasteiger partial charge on any atom is -0.294 e. The number of fused-ring (bicyclic) bond motifs is 1. The van der Waals surface area contributed by atoms with Gasteiger partial charge in [0.05, 0.1) is 26.7 Å². The number of carbonyl (C=O) groups is 1. The predicted molar refractivity (Wildman–Crippen MR) is 102 cm³/mol. The Balaban J connectivity index is 1.72. The average Bonchev–Trinajstić information content (AvgIpc) is 3.02. The summed E-state index contributed by atoms with van der Waals surface area (Å²) >= 11 is 1.55. The Morgan fingerprint density at radius 3 is 2.44 bits per heavy atom. The van der Waals surface area contributed by atoms with E-state index in [0.717, 1.165) is 15.8 Å². The summed E-state index contributed by atoms with van der Waals surface area (Å²) in [7, 11) is -3.14. The van der Waals surface area contributed by atoms with Crippen LogP contribution in [0.25, 0.3) is 10.2 Å². The van der Waals surface area contributed by atoms with Gasteiger partial charge in [-0.25, -0.2) is 13.4 Å². The maximum absolute atomic E-state index is 12.5. The largest absolute Gasteiger partial charge is 0.294 e. The number of ketones is 1. The summed E-state index contributed by atoms with van der Waals surface area (Å²) in [5.41, 5.74) is 4.98. The van der Waals surface area contributed by atoms with Crippen molar-refractivity contribution in [3.63, 3.8) is 0 Å². The number of hydrogen-bond acceptors (Lipinski definition) is 5. The second-order valence-electron chi connectivity index (χ2n) is 6.31. The Morgan fingerprint density at radius 2 is 1.76 bits per heavy atom. The van der Waals surface area contributed by atoms with Crippen LogP contribution in [0.2, 0.25) is 0 Å². The molecule has 0 bridgehead atoms. The summed E-state index contributed by atoms with van der Waals surface area (Å²) in [5.74, 6) is 0.0170. The molecule has 0 aliphatic rings. The standard InChI is InChI=1S/C19H19NO3S2/c1-13(2)25(22,23)11-14-3-6-16(7-4-14)18(21)9-15-5-8-17-19(10-15)24-12-20-17/h3-8,10,12-13H,9,11H2,1-2H3. The zero-order chi connectivity index (χ0) is 18.0. The minimum atomic E-state index is -3.14. The number of carbonyl (C=O) groups excluding carboxylic acids is 1. The quantitative estimate of drug-likeness (QED) is 0.612. The molecular formula is C19H19NO3S2. The van der Waals surface area contributed by atoms with Gasteiger partial charge in [0.2, 0.25) is 0 Å². The van der Waals surface area contributed by atoms with Crippen molar-refractivity contribution >= 4 is 37.2 Å². The number of hydrogen-bond donors (Lipinski definition) is 0. The van der Waals surface area contributed by atoms with E-state index in [4.69, 9.17) is 0 Å². The van der Waals surface area contributed by atoms with E-state index in [0.29, 0.717) is 17.5 Å². The third kappa shape index (κ3) is 4.14. The lowest BCUT2D eigenvalue weighted by atomic mass is 10.0. The third-order valence-corrected chi connectivity index (χ3v) is 7.09. The van der Waals surface area contributed by atoms with Crippen LogP contribution in [0.5, 0.6) is 0 Å². The molecule has 3 rings (SSSR count). The van der Waals surface area contributed by atoms with Gasteiger partial charge >= 0.3 is 0 Å². The highest BCUT2D eigenvalue weighted by molar-refractivity contribution is 7.91. The van der Waals surface area contributed by atoms with Crippen molar-refractivity contribution in [1.29, 1.82) is 0 Å². The van der Waals surface area contributed by atoms with Crippen LogP contribution >= 0.6 is 11.3 Å². The van der Waals surface area contributed by atoms with Crippen molar-refractivity contribution in [3.8, 4) is 0 Å². The summed E-state index contributed by atoms with van der Waals surface area (Å²) in [6.45, 7) is 3.35. The summed E-state index contributed by atoms with van der Waals surface area (Å²) in [6, 6.07) is 12.7. The first-order valence-electron chi connectivity index (χ1n) is 8.01. The number of nitrogens with zero attached hydrogens (tertiary/aromatic N) is 1. The maximum Gasteiger partial charge on any atom is 0.167 e. The first-order valence-corrected chi connectivity index (χ1v) is 10.6. The van der Waals surface area contributed by atoms with E-state index in [1.54, 1.807) is 55.0 Å². The van der Waals surface area contributed by atoms with Gasteiger partial charge in [0.25, 0.3) is 0 Å². The second-order valence-corrected chi connectivity index (χ2v) is 9.75. The van der Waals surface area contributed by atoms with Gasteiger partial charge in [-0.1, -0.05) is 30.3 Å². The van der Waals surface area contributed by atoms with Gasteiger partial charge in [-0.2, -0.15) is 0 Å². The maximum atomic E-state index is 12.5. The van der Waals surface area contributed by atoms with E-state index in [-0.39, 0.29) is 11.5 Å². The first-order chi connectivity index (χ1) is 11.8. The van der Waals surface area contributed by atoms with E-state index in [9.17, 15) is 13.2 Å². The summed E-state index contributed by atoms with van der Waals surface area (Å²) in [6.07, 6.45) is 0.317.